The lowest BCUT2D eigenvalue weighted by Crippen LogP contribution is -2.26. The molecule has 16 heavy (non-hydrogen) atoms. The maximum Gasteiger partial charge on any atom is 0.347 e. The Morgan fingerprint density at radius 3 is 2.69 bits per heavy atom. The molecule has 5 nitrogen and oxygen atoms in total. The minimum absolute atomic E-state index is 0.113. The topological polar surface area (TPSA) is 83.5 Å². The summed E-state index contributed by atoms with van der Waals surface area (Å²) in [6.07, 6.45) is 0.658. The minimum Gasteiger partial charge on any atom is -0.477 e. The van der Waals surface area contributed by atoms with E-state index in [4.69, 9.17) is 5.11 Å². The van der Waals surface area contributed by atoms with Crippen LogP contribution in [0, 0.1) is 6.92 Å². The number of thiophene rings is 1. The van der Waals surface area contributed by atoms with E-state index in [2.05, 4.69) is 4.72 Å². The summed E-state index contributed by atoms with van der Waals surface area (Å²) in [5.41, 5.74) is 0.464. The van der Waals surface area contributed by atoms with E-state index in [0.717, 1.165) is 11.3 Å². The monoisotopic (exact) mass is 263 g/mol. The predicted molar refractivity (Wildman–Crippen MR) is 61.5 cm³/mol. The van der Waals surface area contributed by atoms with Gasteiger partial charge in [-0.05, 0) is 24.3 Å². The Morgan fingerprint density at radius 1 is 1.56 bits per heavy atom. The number of carbonyl (C=O) groups is 1. The van der Waals surface area contributed by atoms with Crippen molar-refractivity contribution in [3.8, 4) is 0 Å². The van der Waals surface area contributed by atoms with E-state index < -0.39 is 16.0 Å². The van der Waals surface area contributed by atoms with Crippen molar-refractivity contribution in [2.75, 3.05) is 6.54 Å². The van der Waals surface area contributed by atoms with E-state index in [9.17, 15) is 13.2 Å². The first-order valence-electron chi connectivity index (χ1n) is 4.71. The van der Waals surface area contributed by atoms with E-state index in [1.54, 1.807) is 6.92 Å². The standard InChI is InChI=1S/C9H13NO4S2/c1-3-4-10-16(13,14)8-6(2)5-15-7(8)9(11)12/h5,10H,3-4H2,1-2H3,(H,11,12). The summed E-state index contributed by atoms with van der Waals surface area (Å²) in [4.78, 5) is 10.6. The maximum absolute atomic E-state index is 11.8. The summed E-state index contributed by atoms with van der Waals surface area (Å²) in [5, 5.41) is 10.4. The first kappa shape index (κ1) is 13.1. The number of hydrogen-bond acceptors (Lipinski definition) is 4. The predicted octanol–water partition coefficient (Wildman–Crippen LogP) is 1.44. The van der Waals surface area contributed by atoms with Crippen LogP contribution >= 0.6 is 11.3 Å². The van der Waals surface area contributed by atoms with Gasteiger partial charge in [0.05, 0.1) is 0 Å². The first-order valence-corrected chi connectivity index (χ1v) is 7.07. The van der Waals surface area contributed by atoms with Crippen LogP contribution in [0.3, 0.4) is 0 Å². The SMILES string of the molecule is CCCNS(=O)(=O)c1c(C)csc1C(=O)O. The van der Waals surface area contributed by atoms with E-state index in [0.29, 0.717) is 18.5 Å². The Hall–Kier alpha value is -0.920. The third-order valence-electron chi connectivity index (χ3n) is 1.92. The molecule has 0 amide bonds. The molecular weight excluding hydrogens is 250 g/mol. The molecule has 2 N–H and O–H groups in total. The fourth-order valence-electron chi connectivity index (χ4n) is 1.22. The molecule has 0 bridgehead atoms. The fourth-order valence-corrected chi connectivity index (χ4v) is 3.98. The molecule has 0 aromatic carbocycles. The summed E-state index contributed by atoms with van der Waals surface area (Å²) in [6, 6.07) is 0. The number of carboxylic acid groups (broad SMARTS) is 1. The molecule has 0 unspecified atom stereocenters. The van der Waals surface area contributed by atoms with Gasteiger partial charge in [0, 0.05) is 6.54 Å². The molecular formula is C9H13NO4S2. The Morgan fingerprint density at radius 2 is 2.19 bits per heavy atom. The molecule has 1 rings (SSSR count). The summed E-state index contributed by atoms with van der Waals surface area (Å²) >= 11 is 0.926. The van der Waals surface area contributed by atoms with Crippen LogP contribution in [-0.4, -0.2) is 26.0 Å². The number of sulfonamides is 1. The average molecular weight is 263 g/mol. The van der Waals surface area contributed by atoms with Crippen molar-refractivity contribution in [1.82, 2.24) is 4.72 Å². The van der Waals surface area contributed by atoms with Crippen molar-refractivity contribution < 1.29 is 18.3 Å². The second kappa shape index (κ2) is 4.94. The zero-order chi connectivity index (χ0) is 12.3. The number of rotatable bonds is 5. The lowest BCUT2D eigenvalue weighted by Gasteiger charge is -2.06. The molecule has 0 aliphatic rings. The molecule has 1 heterocycles. The van der Waals surface area contributed by atoms with Gasteiger partial charge in [-0.25, -0.2) is 17.9 Å². The first-order chi connectivity index (χ1) is 7.40. The summed E-state index contributed by atoms with van der Waals surface area (Å²) in [6.45, 7) is 3.72. The normalized spacial score (nSPS) is 11.6. The highest BCUT2D eigenvalue weighted by atomic mass is 32.2. The number of nitrogens with one attached hydrogen (secondary N) is 1. The third-order valence-corrected chi connectivity index (χ3v) is 4.79. The number of aryl methyl sites for hydroxylation is 1. The average Bonchev–Trinajstić information content (AvgIpc) is 2.58. The van der Waals surface area contributed by atoms with Gasteiger partial charge in [0.1, 0.15) is 9.77 Å². The highest BCUT2D eigenvalue weighted by molar-refractivity contribution is 7.89. The van der Waals surface area contributed by atoms with E-state index in [-0.39, 0.29) is 9.77 Å². The smallest absolute Gasteiger partial charge is 0.347 e. The van der Waals surface area contributed by atoms with Gasteiger partial charge >= 0.3 is 5.97 Å². The van der Waals surface area contributed by atoms with Gasteiger partial charge in [-0.15, -0.1) is 11.3 Å². The Bertz CT molecular complexity index is 490. The van der Waals surface area contributed by atoms with Crippen molar-refractivity contribution in [2.24, 2.45) is 0 Å². The van der Waals surface area contributed by atoms with Crippen LogP contribution in [0.15, 0.2) is 10.3 Å². The quantitative estimate of drug-likeness (QED) is 0.842. The van der Waals surface area contributed by atoms with Gasteiger partial charge in [-0.2, -0.15) is 0 Å². The van der Waals surface area contributed by atoms with Crippen LogP contribution in [0.1, 0.15) is 28.6 Å². The second-order valence-electron chi connectivity index (χ2n) is 3.28. The number of aromatic carboxylic acids is 1. The molecule has 0 saturated heterocycles. The van der Waals surface area contributed by atoms with Gasteiger partial charge in [0.2, 0.25) is 10.0 Å². The zero-order valence-corrected chi connectivity index (χ0v) is 10.6. The van der Waals surface area contributed by atoms with E-state index in [1.807, 2.05) is 6.92 Å². The van der Waals surface area contributed by atoms with Crippen molar-refractivity contribution in [3.63, 3.8) is 0 Å². The van der Waals surface area contributed by atoms with Crippen molar-refractivity contribution in [2.45, 2.75) is 25.2 Å². The summed E-state index contributed by atoms with van der Waals surface area (Å²) in [7, 11) is -3.71. The molecule has 0 fully saturated rings. The molecule has 0 atom stereocenters. The number of carboxylic acids is 1. The molecule has 1 aromatic rings. The van der Waals surface area contributed by atoms with Crippen LogP contribution in [0.4, 0.5) is 0 Å². The van der Waals surface area contributed by atoms with Gasteiger partial charge in [-0.1, -0.05) is 6.92 Å². The minimum atomic E-state index is -3.71. The second-order valence-corrected chi connectivity index (χ2v) is 5.86. The van der Waals surface area contributed by atoms with Crippen molar-refractivity contribution in [1.29, 1.82) is 0 Å². The van der Waals surface area contributed by atoms with E-state index >= 15 is 0 Å². The summed E-state index contributed by atoms with van der Waals surface area (Å²) in [5.74, 6) is -1.21. The van der Waals surface area contributed by atoms with Crippen molar-refractivity contribution >= 4 is 27.3 Å². The van der Waals surface area contributed by atoms with Crippen molar-refractivity contribution in [3.05, 3.63) is 15.8 Å². The molecule has 0 aliphatic carbocycles. The zero-order valence-electron chi connectivity index (χ0n) is 8.98. The summed E-state index contributed by atoms with van der Waals surface area (Å²) < 4.78 is 26.0. The molecule has 0 aliphatic heterocycles. The van der Waals surface area contributed by atoms with Crippen LogP contribution in [0.5, 0.6) is 0 Å². The van der Waals surface area contributed by atoms with Gasteiger partial charge in [0.25, 0.3) is 0 Å². The molecule has 90 valence electrons. The maximum atomic E-state index is 11.8. The van der Waals surface area contributed by atoms with Crippen LogP contribution in [0.25, 0.3) is 0 Å². The number of hydrogen-bond donors (Lipinski definition) is 2. The highest BCUT2D eigenvalue weighted by Crippen LogP contribution is 2.26. The van der Waals surface area contributed by atoms with Crippen LogP contribution in [0.2, 0.25) is 0 Å². The fraction of sp³-hybridized carbons (Fsp3) is 0.444. The molecule has 1 aromatic heterocycles. The van der Waals surface area contributed by atoms with E-state index in [1.165, 1.54) is 5.38 Å². The van der Waals surface area contributed by atoms with Gasteiger partial charge < -0.3 is 5.11 Å². The lowest BCUT2D eigenvalue weighted by molar-refractivity contribution is 0.0698. The van der Waals surface area contributed by atoms with Gasteiger partial charge in [0.15, 0.2) is 0 Å². The Balaban J connectivity index is 3.21. The van der Waals surface area contributed by atoms with Crippen LogP contribution < -0.4 is 4.72 Å². The molecule has 7 heteroatoms. The Labute approximate surface area is 98.2 Å². The van der Waals surface area contributed by atoms with Gasteiger partial charge in [-0.3, -0.25) is 0 Å². The highest BCUT2D eigenvalue weighted by Gasteiger charge is 2.25. The van der Waals surface area contributed by atoms with Crippen LogP contribution in [-0.2, 0) is 10.0 Å². The molecule has 0 saturated carbocycles. The molecule has 0 radical (unpaired) electrons. The molecule has 0 spiro atoms. The largest absolute Gasteiger partial charge is 0.477 e. The third kappa shape index (κ3) is 2.60. The Kier molecular flexibility index (Phi) is 4.06. The lowest BCUT2D eigenvalue weighted by atomic mass is 10.3.